The van der Waals surface area contributed by atoms with Crippen LogP contribution in [0.5, 0.6) is 0 Å². The number of hydrogen-bond acceptors (Lipinski definition) is 4. The summed E-state index contributed by atoms with van der Waals surface area (Å²) in [6.07, 6.45) is 1.62. The fourth-order valence-electron chi connectivity index (χ4n) is 2.50. The molecule has 0 unspecified atom stereocenters. The Morgan fingerprint density at radius 2 is 2.24 bits per heavy atom. The van der Waals surface area contributed by atoms with Crippen LogP contribution in [0.1, 0.15) is 17.5 Å². The zero-order chi connectivity index (χ0) is 14.8. The molecule has 5 nitrogen and oxygen atoms in total. The molecule has 0 amide bonds. The van der Waals surface area contributed by atoms with E-state index >= 15 is 0 Å². The molecule has 0 spiro atoms. The standard InChI is InChI=1S/C14H16Cl2N4O/c1-19-9-17-18-14(19)12-8-20(5-6-21-12)7-10-3-2-4-11(15)13(10)16/h2-4,9,12H,5-8H2,1H3/t12-/m0/s1. The van der Waals surface area contributed by atoms with Crippen molar-refractivity contribution in [3.63, 3.8) is 0 Å². The van der Waals surface area contributed by atoms with E-state index in [1.165, 1.54) is 0 Å². The summed E-state index contributed by atoms with van der Waals surface area (Å²) in [5, 5.41) is 9.25. The lowest BCUT2D eigenvalue weighted by Gasteiger charge is -2.32. The highest BCUT2D eigenvalue weighted by Gasteiger charge is 2.25. The molecule has 1 fully saturated rings. The van der Waals surface area contributed by atoms with E-state index in [2.05, 4.69) is 15.1 Å². The van der Waals surface area contributed by atoms with Gasteiger partial charge in [0, 0.05) is 26.7 Å². The van der Waals surface area contributed by atoms with Crippen molar-refractivity contribution < 1.29 is 4.74 Å². The molecule has 0 saturated carbocycles. The summed E-state index contributed by atoms with van der Waals surface area (Å²) >= 11 is 12.3. The van der Waals surface area contributed by atoms with Gasteiger partial charge in [0.2, 0.25) is 0 Å². The molecule has 7 heteroatoms. The largest absolute Gasteiger partial charge is 0.368 e. The molecule has 1 aliphatic rings. The van der Waals surface area contributed by atoms with Gasteiger partial charge in [-0.05, 0) is 11.6 Å². The number of morpholine rings is 1. The van der Waals surface area contributed by atoms with E-state index in [-0.39, 0.29) is 6.10 Å². The predicted octanol–water partition coefficient (Wildman–Crippen LogP) is 2.70. The summed E-state index contributed by atoms with van der Waals surface area (Å²) < 4.78 is 7.69. The fraction of sp³-hybridized carbons (Fsp3) is 0.429. The molecule has 1 aliphatic heterocycles. The summed E-state index contributed by atoms with van der Waals surface area (Å²) in [5.41, 5.74) is 1.03. The lowest BCUT2D eigenvalue weighted by Crippen LogP contribution is -2.38. The van der Waals surface area contributed by atoms with Crippen LogP contribution in [-0.2, 0) is 18.3 Å². The van der Waals surface area contributed by atoms with Gasteiger partial charge in [-0.15, -0.1) is 10.2 Å². The highest BCUT2D eigenvalue weighted by Crippen LogP contribution is 2.28. The van der Waals surface area contributed by atoms with Gasteiger partial charge in [0.25, 0.3) is 0 Å². The zero-order valence-electron chi connectivity index (χ0n) is 11.7. The Bertz CT molecular complexity index is 631. The van der Waals surface area contributed by atoms with Crippen molar-refractivity contribution in [2.45, 2.75) is 12.6 Å². The maximum Gasteiger partial charge on any atom is 0.163 e. The number of rotatable bonds is 3. The van der Waals surface area contributed by atoms with Crippen molar-refractivity contribution in [1.29, 1.82) is 0 Å². The van der Waals surface area contributed by atoms with Gasteiger partial charge in [-0.25, -0.2) is 0 Å². The second kappa shape index (κ2) is 6.32. The third-order valence-electron chi connectivity index (χ3n) is 3.61. The van der Waals surface area contributed by atoms with Crippen LogP contribution in [0.4, 0.5) is 0 Å². The van der Waals surface area contributed by atoms with E-state index in [1.807, 2.05) is 23.7 Å². The van der Waals surface area contributed by atoms with Crippen molar-refractivity contribution in [1.82, 2.24) is 19.7 Å². The summed E-state index contributed by atoms with van der Waals surface area (Å²) in [5.74, 6) is 0.844. The van der Waals surface area contributed by atoms with Gasteiger partial charge in [0.15, 0.2) is 5.82 Å². The average Bonchev–Trinajstić information content (AvgIpc) is 2.90. The Labute approximate surface area is 133 Å². The van der Waals surface area contributed by atoms with E-state index < -0.39 is 0 Å². The highest BCUT2D eigenvalue weighted by atomic mass is 35.5. The molecular weight excluding hydrogens is 311 g/mol. The topological polar surface area (TPSA) is 43.2 Å². The number of nitrogens with zero attached hydrogens (tertiary/aromatic N) is 4. The van der Waals surface area contributed by atoms with Crippen LogP contribution >= 0.6 is 23.2 Å². The Morgan fingerprint density at radius 3 is 3.00 bits per heavy atom. The van der Waals surface area contributed by atoms with Crippen molar-refractivity contribution in [2.75, 3.05) is 19.7 Å². The second-order valence-corrected chi connectivity index (χ2v) is 5.89. The van der Waals surface area contributed by atoms with Gasteiger partial charge in [-0.1, -0.05) is 35.3 Å². The van der Waals surface area contributed by atoms with E-state index in [4.69, 9.17) is 27.9 Å². The lowest BCUT2D eigenvalue weighted by atomic mass is 10.2. The maximum atomic E-state index is 6.26. The molecular formula is C14H16Cl2N4O. The summed E-state index contributed by atoms with van der Waals surface area (Å²) in [4.78, 5) is 2.29. The number of benzene rings is 1. The Kier molecular flexibility index (Phi) is 4.45. The quantitative estimate of drug-likeness (QED) is 0.869. The van der Waals surface area contributed by atoms with Crippen molar-refractivity contribution >= 4 is 23.2 Å². The minimum atomic E-state index is -0.0655. The first-order valence-electron chi connectivity index (χ1n) is 6.76. The first kappa shape index (κ1) is 14.8. The summed E-state index contributed by atoms with van der Waals surface area (Å²) in [6, 6.07) is 5.72. The molecule has 1 saturated heterocycles. The number of ether oxygens (including phenoxy) is 1. The molecule has 2 heterocycles. The van der Waals surface area contributed by atoms with Crippen LogP contribution in [0.3, 0.4) is 0 Å². The molecule has 0 N–H and O–H groups in total. The van der Waals surface area contributed by atoms with Crippen LogP contribution in [0, 0.1) is 0 Å². The third-order valence-corrected chi connectivity index (χ3v) is 4.47. The SMILES string of the molecule is Cn1cnnc1[C@@H]1CN(Cc2cccc(Cl)c2Cl)CCO1. The lowest BCUT2D eigenvalue weighted by molar-refractivity contribution is -0.0385. The van der Waals surface area contributed by atoms with E-state index in [0.717, 1.165) is 31.0 Å². The molecule has 112 valence electrons. The van der Waals surface area contributed by atoms with Gasteiger partial charge in [-0.3, -0.25) is 4.90 Å². The molecule has 21 heavy (non-hydrogen) atoms. The van der Waals surface area contributed by atoms with Gasteiger partial charge in [-0.2, -0.15) is 0 Å². The van der Waals surface area contributed by atoms with Crippen LogP contribution in [0.15, 0.2) is 24.5 Å². The zero-order valence-corrected chi connectivity index (χ0v) is 13.2. The molecule has 1 aromatic heterocycles. The second-order valence-electron chi connectivity index (χ2n) is 5.11. The average molecular weight is 327 g/mol. The molecule has 2 aromatic rings. The first-order valence-corrected chi connectivity index (χ1v) is 7.51. The van der Waals surface area contributed by atoms with Gasteiger partial charge < -0.3 is 9.30 Å². The Morgan fingerprint density at radius 1 is 1.38 bits per heavy atom. The number of hydrogen-bond donors (Lipinski definition) is 0. The minimum absolute atomic E-state index is 0.0655. The minimum Gasteiger partial charge on any atom is -0.368 e. The highest BCUT2D eigenvalue weighted by molar-refractivity contribution is 6.42. The van der Waals surface area contributed by atoms with E-state index in [0.29, 0.717) is 16.7 Å². The van der Waals surface area contributed by atoms with Crippen LogP contribution in [-0.4, -0.2) is 39.4 Å². The number of halogens is 2. The van der Waals surface area contributed by atoms with Crippen molar-refractivity contribution in [3.8, 4) is 0 Å². The van der Waals surface area contributed by atoms with Gasteiger partial charge in [0.1, 0.15) is 12.4 Å². The molecule has 0 radical (unpaired) electrons. The Hall–Kier alpha value is -1.14. The Balaban J connectivity index is 1.72. The van der Waals surface area contributed by atoms with Gasteiger partial charge >= 0.3 is 0 Å². The maximum absolute atomic E-state index is 6.26. The van der Waals surface area contributed by atoms with E-state index in [1.54, 1.807) is 12.4 Å². The summed E-state index contributed by atoms with van der Waals surface area (Å²) in [6.45, 7) is 3.03. The third kappa shape index (κ3) is 3.21. The first-order chi connectivity index (χ1) is 10.1. The van der Waals surface area contributed by atoms with Crippen LogP contribution in [0.2, 0.25) is 10.0 Å². The number of aryl methyl sites for hydroxylation is 1. The predicted molar refractivity (Wildman–Crippen MR) is 81.4 cm³/mol. The van der Waals surface area contributed by atoms with Gasteiger partial charge in [0.05, 0.1) is 16.7 Å². The van der Waals surface area contributed by atoms with Crippen molar-refractivity contribution in [2.24, 2.45) is 7.05 Å². The van der Waals surface area contributed by atoms with Crippen molar-refractivity contribution in [3.05, 3.63) is 46.0 Å². The van der Waals surface area contributed by atoms with Crippen LogP contribution < -0.4 is 0 Å². The smallest absolute Gasteiger partial charge is 0.163 e. The van der Waals surface area contributed by atoms with E-state index in [9.17, 15) is 0 Å². The molecule has 1 atom stereocenters. The number of aromatic nitrogens is 3. The molecule has 0 bridgehead atoms. The monoisotopic (exact) mass is 326 g/mol. The normalized spacial score (nSPS) is 19.9. The fourth-order valence-corrected chi connectivity index (χ4v) is 2.88. The molecule has 1 aromatic carbocycles. The summed E-state index contributed by atoms with van der Waals surface area (Å²) in [7, 11) is 1.92. The van der Waals surface area contributed by atoms with Crippen LogP contribution in [0.25, 0.3) is 0 Å². The molecule has 0 aliphatic carbocycles. The molecule has 3 rings (SSSR count).